The van der Waals surface area contributed by atoms with Crippen molar-refractivity contribution < 1.29 is 14.3 Å². The molecule has 0 bridgehead atoms. The zero-order valence-electron chi connectivity index (χ0n) is 15.2. The van der Waals surface area contributed by atoms with Gasteiger partial charge in [-0.15, -0.1) is 0 Å². The Morgan fingerprint density at radius 2 is 2.04 bits per heavy atom. The zero-order chi connectivity index (χ0) is 20.1. The number of hydrogen-bond donors (Lipinski definition) is 0. The van der Waals surface area contributed by atoms with Gasteiger partial charge in [-0.3, -0.25) is 9.69 Å². The smallest absolute Gasteiger partial charge is 0.266 e. The Labute approximate surface area is 175 Å². The van der Waals surface area contributed by atoms with Gasteiger partial charge in [0.25, 0.3) is 5.91 Å². The molecule has 3 rings (SSSR count). The second kappa shape index (κ2) is 8.95. The van der Waals surface area contributed by atoms with Gasteiger partial charge in [0.15, 0.2) is 11.8 Å². The van der Waals surface area contributed by atoms with Crippen molar-refractivity contribution in [3.05, 3.63) is 57.4 Å². The normalized spacial score (nSPS) is 16.5. The molecule has 2 aromatic rings. The van der Waals surface area contributed by atoms with Crippen LogP contribution in [-0.2, 0) is 4.79 Å². The molecule has 2 aromatic carbocycles. The molecule has 0 N–H and O–H groups in total. The lowest BCUT2D eigenvalue weighted by Gasteiger charge is -2.08. The van der Waals surface area contributed by atoms with Crippen LogP contribution in [0.5, 0.6) is 11.5 Å². The number of methoxy groups -OCH3 is 1. The van der Waals surface area contributed by atoms with E-state index in [1.165, 1.54) is 16.7 Å². The Morgan fingerprint density at radius 3 is 2.71 bits per heavy atom. The van der Waals surface area contributed by atoms with E-state index in [0.29, 0.717) is 21.4 Å². The summed E-state index contributed by atoms with van der Waals surface area (Å²) in [6.07, 6.45) is 1.75. The maximum atomic E-state index is 12.7. The molecule has 0 unspecified atom stereocenters. The number of ether oxygens (including phenoxy) is 2. The van der Waals surface area contributed by atoms with E-state index in [0.717, 1.165) is 15.9 Å². The van der Waals surface area contributed by atoms with Crippen LogP contribution in [0.1, 0.15) is 5.56 Å². The summed E-state index contributed by atoms with van der Waals surface area (Å²) in [6.45, 7) is -0.0665. The van der Waals surface area contributed by atoms with E-state index in [2.05, 4.69) is 20.9 Å². The highest BCUT2D eigenvalue weighted by Gasteiger charge is 2.30. The van der Waals surface area contributed by atoms with E-state index in [-0.39, 0.29) is 12.5 Å². The van der Waals surface area contributed by atoms with Crippen LogP contribution in [0, 0.1) is 11.3 Å². The van der Waals surface area contributed by atoms with Gasteiger partial charge in [-0.05, 0) is 60.3 Å². The minimum absolute atomic E-state index is 0.0665. The largest absolute Gasteiger partial charge is 0.497 e. The molecule has 0 aliphatic carbocycles. The Kier molecular flexibility index (Phi) is 6.39. The lowest BCUT2D eigenvalue weighted by atomic mass is 10.2. The van der Waals surface area contributed by atoms with Crippen molar-refractivity contribution in [3.63, 3.8) is 0 Å². The lowest BCUT2D eigenvalue weighted by molar-refractivity contribution is -0.121. The van der Waals surface area contributed by atoms with Crippen LogP contribution in [0.2, 0.25) is 0 Å². The topological polar surface area (TPSA) is 74.9 Å². The number of nitrogens with zero attached hydrogens (tertiary/aromatic N) is 3. The molecule has 1 aliphatic heterocycles. The van der Waals surface area contributed by atoms with Crippen LogP contribution < -0.4 is 9.47 Å². The van der Waals surface area contributed by atoms with Crippen LogP contribution in [-0.4, -0.2) is 36.7 Å². The van der Waals surface area contributed by atoms with Gasteiger partial charge in [0.05, 0.1) is 17.7 Å². The number of amides is 1. The van der Waals surface area contributed by atoms with E-state index in [4.69, 9.17) is 14.7 Å². The summed E-state index contributed by atoms with van der Waals surface area (Å²) in [5.74, 6) is 1.13. The Hall–Kier alpha value is -2.76. The van der Waals surface area contributed by atoms with Crippen molar-refractivity contribution in [2.45, 2.75) is 0 Å². The molecule has 28 heavy (non-hydrogen) atoms. The molecule has 142 valence electrons. The van der Waals surface area contributed by atoms with Crippen molar-refractivity contribution in [1.82, 2.24) is 4.90 Å². The highest BCUT2D eigenvalue weighted by atomic mass is 79.9. The van der Waals surface area contributed by atoms with Crippen molar-refractivity contribution in [1.29, 1.82) is 5.26 Å². The van der Waals surface area contributed by atoms with E-state index in [1.807, 2.05) is 42.5 Å². The van der Waals surface area contributed by atoms with E-state index in [9.17, 15) is 4.79 Å². The second-order valence-corrected chi connectivity index (χ2v) is 7.62. The Morgan fingerprint density at radius 1 is 1.29 bits per heavy atom. The highest BCUT2D eigenvalue weighted by molar-refractivity contribution is 9.10. The van der Waals surface area contributed by atoms with Gasteiger partial charge in [-0.2, -0.15) is 5.26 Å². The predicted molar refractivity (Wildman–Crippen MR) is 114 cm³/mol. The predicted octanol–water partition coefficient (Wildman–Crippen LogP) is 4.59. The summed E-state index contributed by atoms with van der Waals surface area (Å²) >= 11 is 4.71. The first-order valence-electron chi connectivity index (χ1n) is 8.21. The minimum Gasteiger partial charge on any atom is -0.497 e. The number of halogens is 1. The number of amidine groups is 1. The third kappa shape index (κ3) is 4.55. The maximum absolute atomic E-state index is 12.7. The molecule has 1 saturated heterocycles. The maximum Gasteiger partial charge on any atom is 0.266 e. The molecule has 8 heteroatoms. The van der Waals surface area contributed by atoms with Crippen molar-refractivity contribution in [2.75, 3.05) is 20.8 Å². The molecule has 6 nitrogen and oxygen atoms in total. The molecule has 1 aliphatic rings. The molecule has 1 amide bonds. The highest BCUT2D eigenvalue weighted by Crippen LogP contribution is 2.35. The first kappa shape index (κ1) is 20.0. The molecule has 0 radical (unpaired) electrons. The fourth-order valence-corrected chi connectivity index (χ4v) is 3.79. The number of likely N-dealkylation sites (N-methyl/N-ethyl adjacent to an activating group) is 1. The van der Waals surface area contributed by atoms with Crippen LogP contribution in [0.3, 0.4) is 0 Å². The molecule has 1 heterocycles. The van der Waals surface area contributed by atoms with E-state index < -0.39 is 0 Å². The van der Waals surface area contributed by atoms with E-state index in [1.54, 1.807) is 26.3 Å². The summed E-state index contributed by atoms with van der Waals surface area (Å²) in [5, 5.41) is 9.33. The van der Waals surface area contributed by atoms with Gasteiger partial charge in [0.2, 0.25) is 0 Å². The van der Waals surface area contributed by atoms with Crippen molar-refractivity contribution in [3.8, 4) is 17.6 Å². The third-order valence-electron chi connectivity index (χ3n) is 3.85. The minimum atomic E-state index is -0.150. The standard InChI is InChI=1S/C20H16BrN3O3S/c1-24-19(25)18(12-13-11-14(21)3-8-17(13)27-10-9-22)28-20(24)23-15-4-6-16(26-2)7-5-15/h3-8,11-12H,10H2,1-2H3/b18-12-,23-20?. The van der Waals surface area contributed by atoms with Crippen LogP contribution >= 0.6 is 27.7 Å². The first-order chi connectivity index (χ1) is 13.5. The van der Waals surface area contributed by atoms with Gasteiger partial charge in [-0.25, -0.2) is 4.99 Å². The number of benzene rings is 2. The average Bonchev–Trinajstić information content (AvgIpc) is 2.96. The van der Waals surface area contributed by atoms with Crippen molar-refractivity contribution >= 4 is 50.5 Å². The Bertz CT molecular complexity index is 997. The molecular weight excluding hydrogens is 442 g/mol. The number of nitriles is 1. The van der Waals surface area contributed by atoms with Gasteiger partial charge in [0.1, 0.15) is 17.6 Å². The summed E-state index contributed by atoms with van der Waals surface area (Å²) < 4.78 is 11.4. The monoisotopic (exact) mass is 457 g/mol. The molecule has 0 spiro atoms. The summed E-state index contributed by atoms with van der Waals surface area (Å²) in [6, 6.07) is 14.7. The fourth-order valence-electron chi connectivity index (χ4n) is 2.43. The SMILES string of the molecule is COc1ccc(N=C2S/C(=C\c3cc(Br)ccc3OCC#N)C(=O)N2C)cc1. The van der Waals surface area contributed by atoms with Crippen LogP contribution in [0.25, 0.3) is 6.08 Å². The summed E-state index contributed by atoms with van der Waals surface area (Å²) in [4.78, 5) is 19.2. The second-order valence-electron chi connectivity index (χ2n) is 5.70. The number of hydrogen-bond acceptors (Lipinski definition) is 6. The Balaban J connectivity index is 1.90. The van der Waals surface area contributed by atoms with Gasteiger partial charge >= 0.3 is 0 Å². The van der Waals surface area contributed by atoms with Crippen molar-refractivity contribution in [2.24, 2.45) is 4.99 Å². The number of aliphatic imine (C=N–C) groups is 1. The average molecular weight is 458 g/mol. The molecular formula is C20H16BrN3O3S. The number of thioether (sulfide) groups is 1. The zero-order valence-corrected chi connectivity index (χ0v) is 17.6. The summed E-state index contributed by atoms with van der Waals surface area (Å²) in [7, 11) is 3.29. The van der Waals surface area contributed by atoms with E-state index >= 15 is 0 Å². The molecule has 1 fully saturated rings. The molecule has 0 atom stereocenters. The van der Waals surface area contributed by atoms with Crippen LogP contribution in [0.15, 0.2) is 56.8 Å². The van der Waals surface area contributed by atoms with Gasteiger partial charge in [0, 0.05) is 17.1 Å². The third-order valence-corrected chi connectivity index (χ3v) is 5.40. The number of rotatable bonds is 5. The van der Waals surface area contributed by atoms with Crippen LogP contribution in [0.4, 0.5) is 5.69 Å². The molecule has 0 aromatic heterocycles. The quantitative estimate of drug-likeness (QED) is 0.613. The number of carbonyl (C=O) groups excluding carboxylic acids is 1. The van der Waals surface area contributed by atoms with Gasteiger partial charge in [-0.1, -0.05) is 15.9 Å². The first-order valence-corrected chi connectivity index (χ1v) is 9.82. The number of carbonyl (C=O) groups is 1. The summed E-state index contributed by atoms with van der Waals surface area (Å²) in [5.41, 5.74) is 1.43. The lowest BCUT2D eigenvalue weighted by Crippen LogP contribution is -2.23. The van der Waals surface area contributed by atoms with Gasteiger partial charge < -0.3 is 9.47 Å². The molecule has 0 saturated carbocycles. The fraction of sp³-hybridized carbons (Fsp3) is 0.150.